The van der Waals surface area contributed by atoms with Crippen molar-refractivity contribution in [2.75, 3.05) is 5.75 Å². The van der Waals surface area contributed by atoms with Crippen molar-refractivity contribution in [3.05, 3.63) is 52.9 Å². The highest BCUT2D eigenvalue weighted by Crippen LogP contribution is 2.34. The molecule has 120 valence electrons. The third-order valence-corrected chi connectivity index (χ3v) is 6.08. The molecule has 0 unspecified atom stereocenters. The highest BCUT2D eigenvalue weighted by molar-refractivity contribution is 8.00. The Kier molecular flexibility index (Phi) is 3.86. The van der Waals surface area contributed by atoms with Gasteiger partial charge in [-0.2, -0.15) is 0 Å². The molecule has 0 aliphatic heterocycles. The fraction of sp³-hybridized carbons (Fsp3) is 0.167. The maximum absolute atomic E-state index is 12.5. The summed E-state index contributed by atoms with van der Waals surface area (Å²) >= 11 is 3.09. The van der Waals surface area contributed by atoms with Gasteiger partial charge < -0.3 is 4.42 Å². The summed E-state index contributed by atoms with van der Waals surface area (Å²) in [5.74, 6) is 0.653. The topological polar surface area (TPSA) is 56.0 Å². The number of aryl methyl sites for hydroxylation is 2. The lowest BCUT2D eigenvalue weighted by Crippen LogP contribution is -2.01. The van der Waals surface area contributed by atoms with E-state index in [2.05, 4.69) is 23.8 Å². The Labute approximate surface area is 146 Å². The van der Waals surface area contributed by atoms with E-state index in [1.807, 2.05) is 24.3 Å². The zero-order valence-corrected chi connectivity index (χ0v) is 14.8. The number of para-hydroxylation sites is 1. The van der Waals surface area contributed by atoms with Crippen LogP contribution < -0.4 is 0 Å². The molecule has 0 saturated carbocycles. The van der Waals surface area contributed by atoms with Crippen molar-refractivity contribution in [1.82, 2.24) is 9.97 Å². The van der Waals surface area contributed by atoms with E-state index in [0.29, 0.717) is 11.5 Å². The molecular formula is C18H14N2O2S2. The van der Waals surface area contributed by atoms with Crippen molar-refractivity contribution in [2.45, 2.75) is 18.9 Å². The van der Waals surface area contributed by atoms with Crippen LogP contribution in [-0.4, -0.2) is 21.5 Å². The molecule has 6 heteroatoms. The Morgan fingerprint density at radius 3 is 2.92 bits per heavy atom. The number of nitrogens with zero attached hydrogens (tertiary/aromatic N) is 2. The van der Waals surface area contributed by atoms with Crippen molar-refractivity contribution in [3.8, 4) is 0 Å². The van der Waals surface area contributed by atoms with E-state index in [4.69, 9.17) is 4.42 Å². The van der Waals surface area contributed by atoms with Crippen LogP contribution in [0.4, 0.5) is 0 Å². The summed E-state index contributed by atoms with van der Waals surface area (Å²) in [6, 6.07) is 9.43. The lowest BCUT2D eigenvalue weighted by atomic mass is 10.2. The Balaban J connectivity index is 1.59. The quantitative estimate of drug-likeness (QED) is 0.292. The molecule has 1 aromatic carbocycles. The first kappa shape index (κ1) is 15.4. The molecule has 24 heavy (non-hydrogen) atoms. The van der Waals surface area contributed by atoms with Crippen LogP contribution in [0.2, 0.25) is 0 Å². The number of carbonyl (C=O) groups is 1. The molecule has 4 rings (SSSR count). The third-order valence-electron chi connectivity index (χ3n) is 3.97. The van der Waals surface area contributed by atoms with Crippen molar-refractivity contribution in [2.24, 2.45) is 0 Å². The number of rotatable bonds is 4. The minimum absolute atomic E-state index is 0.0347. The minimum atomic E-state index is -0.0347. The molecule has 0 aliphatic carbocycles. The number of carbonyl (C=O) groups excluding carboxylic acids is 1. The maximum Gasteiger partial charge on any atom is 0.208 e. The van der Waals surface area contributed by atoms with Crippen LogP contribution in [0.15, 0.2) is 46.1 Å². The molecule has 3 aromatic heterocycles. The molecule has 4 aromatic rings. The zero-order valence-electron chi connectivity index (χ0n) is 13.2. The van der Waals surface area contributed by atoms with Gasteiger partial charge in [-0.3, -0.25) is 4.79 Å². The molecule has 0 bridgehead atoms. The van der Waals surface area contributed by atoms with Crippen LogP contribution in [0.3, 0.4) is 0 Å². The molecule has 0 N–H and O–H groups in total. The van der Waals surface area contributed by atoms with E-state index in [1.165, 1.54) is 22.2 Å². The standard InChI is InChI=1S/C18H14N2O2S2/c1-10-11(2)24-18-16(10)17(19-9-20-18)23-8-13(21)15-7-12-5-3-4-6-14(12)22-15/h3-7,9H,8H2,1-2H3. The van der Waals surface area contributed by atoms with Gasteiger partial charge in [0.15, 0.2) is 5.76 Å². The molecular weight excluding hydrogens is 340 g/mol. The van der Waals surface area contributed by atoms with Crippen LogP contribution in [0.5, 0.6) is 0 Å². The van der Waals surface area contributed by atoms with Gasteiger partial charge in [-0.1, -0.05) is 30.0 Å². The first-order valence-corrected chi connectivity index (χ1v) is 9.29. The number of Topliss-reactive ketones (excluding diaryl/α,β-unsaturated/α-hetero) is 1. The van der Waals surface area contributed by atoms with Crippen LogP contribution in [0.1, 0.15) is 21.0 Å². The Hall–Kier alpha value is -2.18. The monoisotopic (exact) mass is 354 g/mol. The number of thiophene rings is 1. The summed E-state index contributed by atoms with van der Waals surface area (Å²) in [6.45, 7) is 4.15. The number of hydrogen-bond donors (Lipinski definition) is 0. The van der Waals surface area contributed by atoms with E-state index >= 15 is 0 Å². The number of furan rings is 1. The van der Waals surface area contributed by atoms with Crippen LogP contribution in [-0.2, 0) is 0 Å². The fourth-order valence-electron chi connectivity index (χ4n) is 2.58. The van der Waals surface area contributed by atoms with Crippen molar-refractivity contribution >= 4 is 50.1 Å². The molecule has 0 radical (unpaired) electrons. The second kappa shape index (κ2) is 6.03. The highest BCUT2D eigenvalue weighted by atomic mass is 32.2. The molecule has 0 amide bonds. The van der Waals surface area contributed by atoms with Crippen molar-refractivity contribution < 1.29 is 9.21 Å². The van der Waals surface area contributed by atoms with E-state index in [0.717, 1.165) is 26.2 Å². The van der Waals surface area contributed by atoms with Gasteiger partial charge in [0.2, 0.25) is 5.78 Å². The fourth-order valence-corrected chi connectivity index (χ4v) is 4.57. The SMILES string of the molecule is Cc1sc2ncnc(SCC(=O)c3cc4ccccc4o3)c2c1C. The van der Waals surface area contributed by atoms with Crippen molar-refractivity contribution in [1.29, 1.82) is 0 Å². The second-order valence-corrected chi connectivity index (χ2v) is 7.67. The van der Waals surface area contributed by atoms with Gasteiger partial charge in [-0.05, 0) is 31.5 Å². The number of thioether (sulfide) groups is 1. The van der Waals surface area contributed by atoms with Crippen LogP contribution in [0.25, 0.3) is 21.2 Å². The smallest absolute Gasteiger partial charge is 0.208 e. The van der Waals surface area contributed by atoms with Crippen molar-refractivity contribution in [3.63, 3.8) is 0 Å². The van der Waals surface area contributed by atoms with E-state index in [-0.39, 0.29) is 5.78 Å². The van der Waals surface area contributed by atoms with Gasteiger partial charge >= 0.3 is 0 Å². The average molecular weight is 354 g/mol. The summed E-state index contributed by atoms with van der Waals surface area (Å²) in [7, 11) is 0. The summed E-state index contributed by atoms with van der Waals surface area (Å²) in [6.07, 6.45) is 1.56. The zero-order chi connectivity index (χ0) is 16.7. The summed E-state index contributed by atoms with van der Waals surface area (Å²) in [5.41, 5.74) is 1.92. The predicted molar refractivity (Wildman–Crippen MR) is 98.2 cm³/mol. The average Bonchev–Trinajstić information content (AvgIpc) is 3.14. The Morgan fingerprint density at radius 1 is 1.25 bits per heavy atom. The first-order chi connectivity index (χ1) is 11.6. The van der Waals surface area contributed by atoms with E-state index in [9.17, 15) is 4.79 Å². The molecule has 0 spiro atoms. The summed E-state index contributed by atoms with van der Waals surface area (Å²) < 4.78 is 5.64. The van der Waals surface area contributed by atoms with Gasteiger partial charge in [0.05, 0.1) is 5.75 Å². The van der Waals surface area contributed by atoms with Gasteiger partial charge in [0.1, 0.15) is 21.8 Å². The Bertz CT molecular complexity index is 1030. The number of ketones is 1. The maximum atomic E-state index is 12.5. The Morgan fingerprint density at radius 2 is 2.08 bits per heavy atom. The normalized spacial score (nSPS) is 11.4. The summed E-state index contributed by atoms with van der Waals surface area (Å²) in [5, 5.41) is 2.85. The molecule has 0 fully saturated rings. The lowest BCUT2D eigenvalue weighted by molar-refractivity contribution is 0.0994. The summed E-state index contributed by atoms with van der Waals surface area (Å²) in [4.78, 5) is 23.4. The largest absolute Gasteiger partial charge is 0.453 e. The predicted octanol–water partition coefficient (Wildman–Crippen LogP) is 5.03. The van der Waals surface area contributed by atoms with Gasteiger partial charge in [0, 0.05) is 15.6 Å². The second-order valence-electron chi connectivity index (χ2n) is 5.50. The minimum Gasteiger partial charge on any atom is -0.453 e. The van der Waals surface area contributed by atoms with E-state index < -0.39 is 0 Å². The molecule has 0 saturated heterocycles. The first-order valence-electron chi connectivity index (χ1n) is 7.49. The number of fused-ring (bicyclic) bond motifs is 2. The van der Waals surface area contributed by atoms with Gasteiger partial charge in [0.25, 0.3) is 0 Å². The number of hydrogen-bond acceptors (Lipinski definition) is 6. The lowest BCUT2D eigenvalue weighted by Gasteiger charge is -2.02. The van der Waals surface area contributed by atoms with Crippen LogP contribution in [0, 0.1) is 13.8 Å². The van der Waals surface area contributed by atoms with Gasteiger partial charge in [-0.25, -0.2) is 9.97 Å². The molecule has 0 atom stereocenters. The number of benzene rings is 1. The molecule has 4 nitrogen and oxygen atoms in total. The van der Waals surface area contributed by atoms with Crippen LogP contribution >= 0.6 is 23.1 Å². The molecule has 3 heterocycles. The highest BCUT2D eigenvalue weighted by Gasteiger charge is 2.16. The van der Waals surface area contributed by atoms with E-state index in [1.54, 1.807) is 23.7 Å². The van der Waals surface area contributed by atoms with Gasteiger partial charge in [-0.15, -0.1) is 11.3 Å². The number of aromatic nitrogens is 2. The molecule has 0 aliphatic rings. The third kappa shape index (κ3) is 2.61.